The highest BCUT2D eigenvalue weighted by Crippen LogP contribution is 2.49. The summed E-state index contributed by atoms with van der Waals surface area (Å²) in [6.45, 7) is 0. The predicted octanol–water partition coefficient (Wildman–Crippen LogP) is -1.07. The molecule has 0 aromatic carbocycles. The first kappa shape index (κ1) is 20.5. The van der Waals surface area contributed by atoms with Gasteiger partial charge in [-0.15, -0.1) is 0 Å². The first-order chi connectivity index (χ1) is 12.7. The van der Waals surface area contributed by atoms with Gasteiger partial charge in [0.1, 0.15) is 23.7 Å². The molecule has 2 fully saturated rings. The molecule has 2 aliphatic carbocycles. The molecule has 4 unspecified atom stereocenters. The fourth-order valence-corrected chi connectivity index (χ4v) is 4.15. The molecule has 0 N–H and O–H groups in total. The van der Waals surface area contributed by atoms with E-state index in [2.05, 4.69) is 18.9 Å². The monoisotopic (exact) mass is 384 g/mol. The molecule has 0 amide bonds. The molecule has 2 bridgehead atoms. The average molecular weight is 384 g/mol. The van der Waals surface area contributed by atoms with Crippen LogP contribution in [0.2, 0.25) is 0 Å². The van der Waals surface area contributed by atoms with Crippen LogP contribution in [0.15, 0.2) is 0 Å². The summed E-state index contributed by atoms with van der Waals surface area (Å²) in [5, 5.41) is 0. The zero-order chi connectivity index (χ0) is 20.5. The molecule has 0 radical (unpaired) electrons. The largest absolute Gasteiger partial charge is 0.468 e. The quantitative estimate of drug-likeness (QED) is 0.334. The highest BCUT2D eigenvalue weighted by atomic mass is 16.5. The number of ether oxygens (including phenoxy) is 4. The van der Waals surface area contributed by atoms with Gasteiger partial charge < -0.3 is 18.9 Å². The van der Waals surface area contributed by atoms with E-state index >= 15 is 0 Å². The van der Waals surface area contributed by atoms with Gasteiger partial charge >= 0.3 is 23.9 Å². The number of carbonyl (C=O) groups excluding carboxylic acids is 6. The summed E-state index contributed by atoms with van der Waals surface area (Å²) in [6, 6.07) is 0. The molecule has 0 aromatic rings. The van der Waals surface area contributed by atoms with E-state index in [4.69, 9.17) is 0 Å². The smallest absolute Gasteiger partial charge is 0.316 e. The fraction of sp³-hybridized carbons (Fsp3) is 0.647. The lowest BCUT2D eigenvalue weighted by Gasteiger charge is -2.46. The number of esters is 4. The molecular weight excluding hydrogens is 364 g/mol. The maximum absolute atomic E-state index is 12.9. The maximum atomic E-state index is 12.9. The summed E-state index contributed by atoms with van der Waals surface area (Å²) in [6.07, 6.45) is -0.101. The Bertz CT molecular complexity index is 586. The van der Waals surface area contributed by atoms with E-state index in [1.807, 2.05) is 0 Å². The second kappa shape index (κ2) is 7.85. The minimum atomic E-state index is -1.53. The topological polar surface area (TPSA) is 139 Å². The molecule has 27 heavy (non-hydrogen) atoms. The minimum Gasteiger partial charge on any atom is -0.468 e. The highest BCUT2D eigenvalue weighted by molar-refractivity contribution is 6.16. The number of carbonyl (C=O) groups is 6. The molecule has 2 saturated carbocycles. The summed E-state index contributed by atoms with van der Waals surface area (Å²) in [7, 11) is 4.18. The van der Waals surface area contributed by atoms with Crippen LogP contribution in [-0.2, 0) is 47.7 Å². The number of hydrogen-bond donors (Lipinski definition) is 0. The molecule has 2 aliphatic rings. The lowest BCUT2D eigenvalue weighted by atomic mass is 9.53. The van der Waals surface area contributed by atoms with E-state index in [9.17, 15) is 28.8 Å². The summed E-state index contributed by atoms with van der Waals surface area (Å²) >= 11 is 0. The van der Waals surface area contributed by atoms with Crippen LogP contribution in [0, 0.1) is 35.5 Å². The van der Waals surface area contributed by atoms with Crippen LogP contribution >= 0.6 is 0 Å². The standard InChI is InChI=1S/C17H20O10/c1-24-14(20)8-6-5-7(10(12(8)18)16(22)26-3)11(17(23)27-4)13(19)9(6)15(21)25-2/h6-11H,5H2,1-4H3. The molecule has 0 spiro atoms. The third-order valence-corrected chi connectivity index (χ3v) is 5.30. The normalized spacial score (nSPS) is 32.3. The highest BCUT2D eigenvalue weighted by Gasteiger charge is 2.64. The molecule has 2 rings (SSSR count). The zero-order valence-corrected chi connectivity index (χ0v) is 15.3. The van der Waals surface area contributed by atoms with Crippen molar-refractivity contribution in [3.05, 3.63) is 0 Å². The van der Waals surface area contributed by atoms with Crippen LogP contribution < -0.4 is 0 Å². The number of ketones is 2. The van der Waals surface area contributed by atoms with Crippen molar-refractivity contribution in [1.29, 1.82) is 0 Å². The Labute approximate surface area is 154 Å². The van der Waals surface area contributed by atoms with Crippen LogP contribution in [0.5, 0.6) is 0 Å². The second-order valence-electron chi connectivity index (χ2n) is 6.37. The molecule has 0 aromatic heterocycles. The molecule has 10 heteroatoms. The van der Waals surface area contributed by atoms with Crippen LogP contribution in [0.3, 0.4) is 0 Å². The van der Waals surface area contributed by atoms with Crippen LogP contribution in [0.1, 0.15) is 6.42 Å². The van der Waals surface area contributed by atoms with Crippen LogP contribution in [-0.4, -0.2) is 63.9 Å². The van der Waals surface area contributed by atoms with Crippen molar-refractivity contribution in [2.75, 3.05) is 28.4 Å². The number of hydrogen-bond acceptors (Lipinski definition) is 10. The van der Waals surface area contributed by atoms with E-state index in [1.54, 1.807) is 0 Å². The fourth-order valence-electron chi connectivity index (χ4n) is 4.15. The Morgan fingerprint density at radius 2 is 0.815 bits per heavy atom. The Balaban J connectivity index is 2.64. The van der Waals surface area contributed by atoms with Crippen molar-refractivity contribution < 1.29 is 47.7 Å². The number of Topliss-reactive ketones (excluding diaryl/α,β-unsaturated/α-hetero) is 2. The van der Waals surface area contributed by atoms with E-state index in [0.717, 1.165) is 28.4 Å². The van der Waals surface area contributed by atoms with Gasteiger partial charge in [0.05, 0.1) is 28.4 Å². The van der Waals surface area contributed by atoms with Crippen LogP contribution in [0.4, 0.5) is 0 Å². The molecule has 10 nitrogen and oxygen atoms in total. The van der Waals surface area contributed by atoms with E-state index in [-0.39, 0.29) is 6.42 Å². The van der Waals surface area contributed by atoms with Crippen LogP contribution in [0.25, 0.3) is 0 Å². The number of fused-ring (bicyclic) bond motifs is 2. The van der Waals surface area contributed by atoms with E-state index in [0.29, 0.717) is 0 Å². The lowest BCUT2D eigenvalue weighted by Crippen LogP contribution is -2.61. The van der Waals surface area contributed by atoms with E-state index < -0.39 is 71.0 Å². The molecular formula is C17H20O10. The first-order valence-electron chi connectivity index (χ1n) is 8.13. The Morgan fingerprint density at radius 1 is 0.593 bits per heavy atom. The molecule has 4 atom stereocenters. The third kappa shape index (κ3) is 3.19. The zero-order valence-electron chi connectivity index (χ0n) is 15.3. The molecule has 0 aliphatic heterocycles. The number of rotatable bonds is 4. The van der Waals surface area contributed by atoms with E-state index in [1.165, 1.54) is 0 Å². The van der Waals surface area contributed by atoms with Crippen molar-refractivity contribution >= 4 is 35.4 Å². The third-order valence-electron chi connectivity index (χ3n) is 5.30. The van der Waals surface area contributed by atoms with Gasteiger partial charge in [-0.05, 0) is 18.3 Å². The SMILES string of the molecule is COC(=O)C1C(=O)C(C(=O)OC)C2CC1C(C(=O)OC)C(=O)C2C(=O)OC. The Kier molecular flexibility index (Phi) is 5.97. The lowest BCUT2D eigenvalue weighted by molar-refractivity contribution is -0.178. The van der Waals surface area contributed by atoms with Crippen molar-refractivity contribution in [2.45, 2.75) is 6.42 Å². The number of methoxy groups -OCH3 is 4. The van der Waals surface area contributed by atoms with Crippen molar-refractivity contribution in [2.24, 2.45) is 35.5 Å². The Morgan fingerprint density at radius 3 is 1.00 bits per heavy atom. The van der Waals surface area contributed by atoms with Gasteiger partial charge in [-0.2, -0.15) is 0 Å². The molecule has 148 valence electrons. The van der Waals surface area contributed by atoms with Gasteiger partial charge in [0, 0.05) is 0 Å². The second-order valence-corrected chi connectivity index (χ2v) is 6.37. The first-order valence-corrected chi connectivity index (χ1v) is 8.13. The van der Waals surface area contributed by atoms with Gasteiger partial charge in [0.15, 0.2) is 11.6 Å². The summed E-state index contributed by atoms with van der Waals surface area (Å²) in [4.78, 5) is 74.8. The van der Waals surface area contributed by atoms with Gasteiger partial charge in [-0.25, -0.2) is 0 Å². The Hall–Kier alpha value is -2.78. The summed E-state index contributed by atoms with van der Waals surface area (Å²) in [5.74, 6) is -13.9. The molecule has 0 saturated heterocycles. The minimum absolute atomic E-state index is 0.101. The van der Waals surface area contributed by atoms with Crippen molar-refractivity contribution in [1.82, 2.24) is 0 Å². The average Bonchev–Trinajstić information content (AvgIpc) is 2.66. The van der Waals surface area contributed by atoms with Gasteiger partial charge in [0.25, 0.3) is 0 Å². The maximum Gasteiger partial charge on any atom is 0.316 e. The van der Waals surface area contributed by atoms with Crippen molar-refractivity contribution in [3.63, 3.8) is 0 Å². The van der Waals surface area contributed by atoms with Gasteiger partial charge in [-0.3, -0.25) is 28.8 Å². The van der Waals surface area contributed by atoms with Gasteiger partial charge in [0.2, 0.25) is 0 Å². The summed E-state index contributed by atoms with van der Waals surface area (Å²) < 4.78 is 18.6. The predicted molar refractivity (Wildman–Crippen MR) is 83.6 cm³/mol. The summed E-state index contributed by atoms with van der Waals surface area (Å²) in [5.41, 5.74) is 0. The van der Waals surface area contributed by atoms with Crippen molar-refractivity contribution in [3.8, 4) is 0 Å². The molecule has 0 heterocycles. The van der Waals surface area contributed by atoms with Gasteiger partial charge in [-0.1, -0.05) is 0 Å².